The van der Waals surface area contributed by atoms with Gasteiger partial charge in [-0.3, -0.25) is 15.3 Å². The van der Waals surface area contributed by atoms with Crippen LogP contribution in [0.5, 0.6) is 0 Å². The molecular weight excluding hydrogens is 480 g/mol. The number of ketones is 1. The number of carbonyl (C=O) groups is 3. The topological polar surface area (TPSA) is 114 Å². The van der Waals surface area contributed by atoms with E-state index in [1.165, 1.54) is 4.90 Å². The molecule has 0 bridgehead atoms. The maximum absolute atomic E-state index is 14.3. The first-order valence-corrected chi connectivity index (χ1v) is 13.3. The fourth-order valence-corrected chi connectivity index (χ4v) is 5.27. The lowest BCUT2D eigenvalue weighted by Gasteiger charge is -2.31. The Morgan fingerprint density at radius 3 is 2.37 bits per heavy atom. The summed E-state index contributed by atoms with van der Waals surface area (Å²) in [6.07, 6.45) is 4.46. The predicted molar refractivity (Wildman–Crippen MR) is 148 cm³/mol. The minimum atomic E-state index is -2.21. The maximum Gasteiger partial charge on any atom is 0.408 e. The van der Waals surface area contributed by atoms with Crippen LogP contribution in [0, 0.1) is 5.92 Å². The molecule has 8 heteroatoms. The van der Waals surface area contributed by atoms with Crippen molar-refractivity contribution >= 4 is 29.2 Å². The molecule has 202 valence electrons. The number of aliphatic imine (C=N–C) groups is 1. The Balaban J connectivity index is 1.78. The average Bonchev–Trinajstić information content (AvgIpc) is 2.97. The number of nitrogens with one attached hydrogen (secondary N) is 1. The van der Waals surface area contributed by atoms with E-state index in [4.69, 9.17) is 15.5 Å². The number of alkyl carbamates (subject to hydrolysis) is 1. The van der Waals surface area contributed by atoms with Crippen molar-refractivity contribution in [1.29, 1.82) is 0 Å². The number of benzene rings is 2. The van der Waals surface area contributed by atoms with Crippen LogP contribution in [0.15, 0.2) is 59.6 Å². The summed E-state index contributed by atoms with van der Waals surface area (Å²) in [5.74, 6) is -1.22. The Kier molecular flexibility index (Phi) is 8.02. The van der Waals surface area contributed by atoms with Crippen molar-refractivity contribution in [3.05, 3.63) is 65.7 Å². The van der Waals surface area contributed by atoms with Crippen LogP contribution in [0.4, 0.5) is 10.5 Å². The lowest BCUT2D eigenvalue weighted by Crippen LogP contribution is -2.64. The first-order valence-electron chi connectivity index (χ1n) is 13.3. The third-order valence-electron chi connectivity index (χ3n) is 7.13. The predicted octanol–water partition coefficient (Wildman–Crippen LogP) is 4.39. The van der Waals surface area contributed by atoms with Gasteiger partial charge in [0.05, 0.1) is 17.4 Å². The summed E-state index contributed by atoms with van der Waals surface area (Å²) in [5.41, 5.74) is 6.74. The maximum atomic E-state index is 14.3. The van der Waals surface area contributed by atoms with Crippen LogP contribution < -0.4 is 16.0 Å². The van der Waals surface area contributed by atoms with Crippen molar-refractivity contribution in [2.45, 2.75) is 76.6 Å². The summed E-state index contributed by atoms with van der Waals surface area (Å²) >= 11 is 0. The molecule has 2 aromatic rings. The zero-order chi connectivity index (χ0) is 27.5. The van der Waals surface area contributed by atoms with Gasteiger partial charge in [-0.25, -0.2) is 9.79 Å². The van der Waals surface area contributed by atoms with Crippen LogP contribution in [-0.2, 0) is 20.7 Å². The van der Waals surface area contributed by atoms with Gasteiger partial charge >= 0.3 is 6.09 Å². The lowest BCUT2D eigenvalue weighted by molar-refractivity contribution is -0.135. The van der Waals surface area contributed by atoms with E-state index in [2.05, 4.69) is 5.32 Å². The molecule has 1 heterocycles. The van der Waals surface area contributed by atoms with Gasteiger partial charge in [-0.2, -0.15) is 0 Å². The molecule has 2 aliphatic rings. The van der Waals surface area contributed by atoms with E-state index in [1.54, 1.807) is 27.8 Å². The van der Waals surface area contributed by atoms with Gasteiger partial charge in [0.15, 0.2) is 0 Å². The van der Waals surface area contributed by atoms with Crippen LogP contribution in [0.1, 0.15) is 64.0 Å². The number of benzodiazepines with no additional fused rings is 1. The first-order chi connectivity index (χ1) is 18.0. The Hall–Kier alpha value is -3.52. The van der Waals surface area contributed by atoms with Crippen LogP contribution in [0.3, 0.4) is 0 Å². The van der Waals surface area contributed by atoms with Gasteiger partial charge in [-0.05, 0) is 45.2 Å². The second-order valence-electron chi connectivity index (χ2n) is 11.2. The Morgan fingerprint density at radius 1 is 1.08 bits per heavy atom. The Morgan fingerprint density at radius 2 is 1.71 bits per heavy atom. The van der Waals surface area contributed by atoms with E-state index in [-0.39, 0.29) is 12.3 Å². The number of para-hydroxylation sites is 1. The van der Waals surface area contributed by atoms with Crippen LogP contribution in [-0.4, -0.2) is 47.8 Å². The second kappa shape index (κ2) is 11.1. The van der Waals surface area contributed by atoms with E-state index < -0.39 is 35.1 Å². The van der Waals surface area contributed by atoms with E-state index >= 15 is 0 Å². The quantitative estimate of drug-likeness (QED) is 0.551. The number of fused-ring (bicyclic) bond motifs is 1. The van der Waals surface area contributed by atoms with Crippen LogP contribution in [0.2, 0.25) is 0 Å². The molecule has 1 unspecified atom stereocenters. The largest absolute Gasteiger partial charge is 0.444 e. The third-order valence-corrected chi connectivity index (χ3v) is 7.13. The fourth-order valence-electron chi connectivity index (χ4n) is 5.27. The molecule has 0 radical (unpaired) electrons. The van der Waals surface area contributed by atoms with Gasteiger partial charge in [0, 0.05) is 24.9 Å². The molecule has 0 saturated heterocycles. The number of ether oxygens (including phenoxy) is 1. The number of hydrogen-bond acceptors (Lipinski definition) is 6. The molecule has 4 rings (SSSR count). The van der Waals surface area contributed by atoms with Gasteiger partial charge in [0.2, 0.25) is 11.4 Å². The summed E-state index contributed by atoms with van der Waals surface area (Å²) in [6, 6.07) is 15.7. The number of Topliss-reactive ketones (excluding diaryl/α,β-unsaturated/α-hetero) is 1. The lowest BCUT2D eigenvalue weighted by atomic mass is 9.82. The summed E-state index contributed by atoms with van der Waals surface area (Å²) in [5, 5.41) is 2.68. The van der Waals surface area contributed by atoms with Crippen molar-refractivity contribution in [2.75, 3.05) is 11.9 Å². The summed E-state index contributed by atoms with van der Waals surface area (Å²) in [7, 11) is 1.61. The van der Waals surface area contributed by atoms with Crippen LogP contribution in [0.25, 0.3) is 0 Å². The minimum absolute atomic E-state index is 0.0892. The molecule has 2 atom stereocenters. The monoisotopic (exact) mass is 518 g/mol. The number of likely N-dealkylation sites (N-methyl/N-ethyl adjacent to an activating group) is 1. The highest BCUT2D eigenvalue weighted by atomic mass is 16.6. The Bertz CT molecular complexity index is 1210. The third kappa shape index (κ3) is 5.96. The van der Waals surface area contributed by atoms with Crippen LogP contribution >= 0.6 is 0 Å². The Labute approximate surface area is 224 Å². The second-order valence-corrected chi connectivity index (χ2v) is 11.2. The number of rotatable bonds is 6. The number of nitrogens with zero attached hydrogens (tertiary/aromatic N) is 2. The molecule has 2 amide bonds. The summed E-state index contributed by atoms with van der Waals surface area (Å²) < 4.78 is 5.44. The smallest absolute Gasteiger partial charge is 0.408 e. The molecule has 0 aromatic heterocycles. The number of anilines is 1. The molecule has 3 N–H and O–H groups in total. The fraction of sp³-hybridized carbons (Fsp3) is 0.467. The number of nitrogens with two attached hydrogens (primary N) is 1. The molecule has 1 aliphatic heterocycles. The van der Waals surface area contributed by atoms with Gasteiger partial charge < -0.3 is 15.0 Å². The molecule has 1 aliphatic carbocycles. The van der Waals surface area contributed by atoms with Crippen molar-refractivity contribution in [1.82, 2.24) is 5.32 Å². The first kappa shape index (κ1) is 27.5. The van der Waals surface area contributed by atoms with Gasteiger partial charge in [-0.15, -0.1) is 0 Å². The SMILES string of the molecule is CN1C(=O)C(N)(C(=O)[C@@H](Cc2ccccc2)NC(=O)OC(C)(C)C)N=C(C2CCCCC2)c2ccccc21. The molecule has 38 heavy (non-hydrogen) atoms. The normalized spacial score (nSPS) is 21.1. The van der Waals surface area contributed by atoms with Gasteiger partial charge in [-0.1, -0.05) is 67.8 Å². The van der Waals surface area contributed by atoms with Crippen molar-refractivity contribution in [2.24, 2.45) is 16.6 Å². The number of carbonyl (C=O) groups excluding carboxylic acids is 3. The average molecular weight is 519 g/mol. The van der Waals surface area contributed by atoms with E-state index in [0.717, 1.165) is 43.2 Å². The molecular formula is C30H38N4O4. The number of hydrogen-bond donors (Lipinski definition) is 2. The highest BCUT2D eigenvalue weighted by Crippen LogP contribution is 2.35. The highest BCUT2D eigenvalue weighted by molar-refractivity contribution is 6.23. The standard InChI is InChI=1S/C30H38N4O4/c1-29(2,3)38-28(37)32-23(19-20-13-7-5-8-14-20)26(35)30(31)27(36)34(4)24-18-12-11-17-22(24)25(33-30)21-15-9-6-10-16-21/h5,7-8,11-14,17-18,21,23H,6,9-10,15-16,19,31H2,1-4H3,(H,32,37)/t23-,30?/m1/s1. The van der Waals surface area contributed by atoms with Crippen molar-refractivity contribution < 1.29 is 19.1 Å². The van der Waals surface area contributed by atoms with Gasteiger partial charge in [0.1, 0.15) is 5.60 Å². The zero-order valence-electron chi connectivity index (χ0n) is 22.7. The summed E-state index contributed by atoms with van der Waals surface area (Å²) in [4.78, 5) is 47.2. The van der Waals surface area contributed by atoms with E-state index in [1.807, 2.05) is 54.6 Å². The molecule has 8 nitrogen and oxygen atoms in total. The minimum Gasteiger partial charge on any atom is -0.444 e. The molecule has 1 fully saturated rings. The van der Waals surface area contributed by atoms with Crippen molar-refractivity contribution in [3.8, 4) is 0 Å². The molecule has 2 aromatic carbocycles. The zero-order valence-corrected chi connectivity index (χ0v) is 22.7. The molecule has 1 saturated carbocycles. The molecule has 0 spiro atoms. The van der Waals surface area contributed by atoms with Crippen molar-refractivity contribution in [3.63, 3.8) is 0 Å². The van der Waals surface area contributed by atoms with E-state index in [0.29, 0.717) is 11.4 Å². The van der Waals surface area contributed by atoms with Gasteiger partial charge in [0.25, 0.3) is 5.91 Å². The number of amides is 2. The highest BCUT2D eigenvalue weighted by Gasteiger charge is 2.50. The van der Waals surface area contributed by atoms with E-state index in [9.17, 15) is 14.4 Å². The summed E-state index contributed by atoms with van der Waals surface area (Å²) in [6.45, 7) is 5.23.